The normalized spacial score (nSPS) is 13.5. The number of hydrogen-bond donors (Lipinski definition) is 2. The SMILES string of the molecule is O=C(O)c1cc(NCc2c(OCc3ccccc3)ccc3ccccc23)ccc1N1CCOCC1. The Morgan fingerprint density at radius 1 is 0.943 bits per heavy atom. The zero-order valence-corrected chi connectivity index (χ0v) is 19.4. The van der Waals surface area contributed by atoms with E-state index in [9.17, 15) is 9.90 Å². The number of carboxylic acids is 1. The predicted molar refractivity (Wildman–Crippen MR) is 138 cm³/mol. The number of carboxylic acid groups (broad SMARTS) is 1. The Balaban J connectivity index is 1.40. The largest absolute Gasteiger partial charge is 0.489 e. The molecule has 5 rings (SSSR count). The van der Waals surface area contributed by atoms with Crippen LogP contribution in [0.2, 0.25) is 0 Å². The van der Waals surface area contributed by atoms with Gasteiger partial charge in [-0.3, -0.25) is 0 Å². The second-order valence-electron chi connectivity index (χ2n) is 8.53. The number of anilines is 2. The lowest BCUT2D eigenvalue weighted by atomic mass is 10.0. The molecule has 1 heterocycles. The number of benzene rings is 4. The molecule has 0 aromatic heterocycles. The van der Waals surface area contributed by atoms with E-state index in [-0.39, 0.29) is 5.56 Å². The van der Waals surface area contributed by atoms with Crippen LogP contribution in [0.15, 0.2) is 84.9 Å². The van der Waals surface area contributed by atoms with Gasteiger partial charge < -0.3 is 24.8 Å². The van der Waals surface area contributed by atoms with Gasteiger partial charge in [0.1, 0.15) is 12.4 Å². The highest BCUT2D eigenvalue weighted by molar-refractivity contribution is 5.96. The molecule has 1 saturated heterocycles. The molecule has 0 atom stereocenters. The van der Waals surface area contributed by atoms with Gasteiger partial charge in [-0.2, -0.15) is 0 Å². The Kier molecular flexibility index (Phi) is 6.82. The first kappa shape index (κ1) is 22.7. The van der Waals surface area contributed by atoms with Gasteiger partial charge in [-0.25, -0.2) is 4.79 Å². The maximum atomic E-state index is 12.0. The van der Waals surface area contributed by atoms with Gasteiger partial charge in [-0.1, -0.05) is 60.7 Å². The first-order chi connectivity index (χ1) is 17.2. The first-order valence-corrected chi connectivity index (χ1v) is 11.8. The number of nitrogens with one attached hydrogen (secondary N) is 1. The molecule has 1 aliphatic heterocycles. The number of fused-ring (bicyclic) bond motifs is 1. The molecule has 0 unspecified atom stereocenters. The lowest BCUT2D eigenvalue weighted by molar-refractivity contribution is 0.0696. The molecule has 4 aromatic carbocycles. The monoisotopic (exact) mass is 468 g/mol. The molecule has 35 heavy (non-hydrogen) atoms. The van der Waals surface area contributed by atoms with Gasteiger partial charge in [0.15, 0.2) is 0 Å². The summed E-state index contributed by atoms with van der Waals surface area (Å²) in [6, 6.07) is 27.9. The smallest absolute Gasteiger partial charge is 0.337 e. The fraction of sp³-hybridized carbons (Fsp3) is 0.207. The standard InChI is InChI=1S/C29H28N2O4/c32-29(33)25-18-23(11-12-27(25)31-14-16-34-17-15-31)30-19-26-24-9-5-4-8-22(24)10-13-28(26)35-20-21-6-2-1-3-7-21/h1-13,18,30H,14-17,19-20H2,(H,32,33). The van der Waals surface area contributed by atoms with E-state index in [1.165, 1.54) is 0 Å². The van der Waals surface area contributed by atoms with Gasteiger partial charge in [0.2, 0.25) is 0 Å². The van der Waals surface area contributed by atoms with E-state index >= 15 is 0 Å². The van der Waals surface area contributed by atoms with Crippen LogP contribution in [-0.4, -0.2) is 37.4 Å². The molecular formula is C29H28N2O4. The molecule has 0 saturated carbocycles. The van der Waals surface area contributed by atoms with Crippen LogP contribution >= 0.6 is 0 Å². The molecule has 6 nitrogen and oxygen atoms in total. The summed E-state index contributed by atoms with van der Waals surface area (Å²) in [5.74, 6) is -0.129. The van der Waals surface area contributed by atoms with Gasteiger partial charge in [0, 0.05) is 30.9 Å². The molecule has 0 radical (unpaired) electrons. The van der Waals surface area contributed by atoms with Crippen molar-refractivity contribution >= 4 is 28.1 Å². The molecular weight excluding hydrogens is 440 g/mol. The predicted octanol–water partition coefficient (Wildman–Crippen LogP) is 5.57. The van der Waals surface area contributed by atoms with Gasteiger partial charge in [-0.15, -0.1) is 0 Å². The van der Waals surface area contributed by atoms with E-state index in [0.29, 0.717) is 39.5 Å². The number of nitrogens with zero attached hydrogens (tertiary/aromatic N) is 1. The highest BCUT2D eigenvalue weighted by Crippen LogP contribution is 2.31. The average Bonchev–Trinajstić information content (AvgIpc) is 2.91. The zero-order valence-electron chi connectivity index (χ0n) is 19.4. The van der Waals surface area contributed by atoms with E-state index in [4.69, 9.17) is 9.47 Å². The fourth-order valence-corrected chi connectivity index (χ4v) is 4.46. The highest BCUT2D eigenvalue weighted by atomic mass is 16.5. The Bertz CT molecular complexity index is 1320. The molecule has 1 fully saturated rings. The first-order valence-electron chi connectivity index (χ1n) is 11.8. The number of carbonyl (C=O) groups is 1. The molecule has 2 N–H and O–H groups in total. The van der Waals surface area contributed by atoms with Gasteiger partial charge in [0.05, 0.1) is 24.5 Å². The summed E-state index contributed by atoms with van der Waals surface area (Å²) in [7, 11) is 0. The summed E-state index contributed by atoms with van der Waals surface area (Å²) in [6.45, 7) is 3.55. The Labute approximate surface area is 204 Å². The number of aromatic carboxylic acids is 1. The molecule has 0 amide bonds. The van der Waals surface area contributed by atoms with Crippen molar-refractivity contribution in [1.29, 1.82) is 0 Å². The van der Waals surface area contributed by atoms with Crippen molar-refractivity contribution in [2.45, 2.75) is 13.2 Å². The summed E-state index contributed by atoms with van der Waals surface area (Å²) in [6.07, 6.45) is 0. The maximum absolute atomic E-state index is 12.0. The van der Waals surface area contributed by atoms with Crippen LogP contribution in [0.25, 0.3) is 10.8 Å². The van der Waals surface area contributed by atoms with Crippen LogP contribution in [-0.2, 0) is 17.9 Å². The van der Waals surface area contributed by atoms with Crippen molar-refractivity contribution in [3.05, 3.63) is 102 Å². The van der Waals surface area contributed by atoms with Gasteiger partial charge >= 0.3 is 5.97 Å². The summed E-state index contributed by atoms with van der Waals surface area (Å²) >= 11 is 0. The number of rotatable bonds is 8. The van der Waals surface area contributed by atoms with Crippen molar-refractivity contribution < 1.29 is 19.4 Å². The molecule has 0 aliphatic carbocycles. The maximum Gasteiger partial charge on any atom is 0.337 e. The van der Waals surface area contributed by atoms with Crippen molar-refractivity contribution in [3.8, 4) is 5.75 Å². The lowest BCUT2D eigenvalue weighted by Gasteiger charge is -2.30. The number of hydrogen-bond acceptors (Lipinski definition) is 5. The third-order valence-corrected chi connectivity index (χ3v) is 6.28. The Hall–Kier alpha value is -4.03. The van der Waals surface area contributed by atoms with Crippen molar-refractivity contribution in [1.82, 2.24) is 0 Å². The second-order valence-corrected chi connectivity index (χ2v) is 8.53. The topological polar surface area (TPSA) is 71.0 Å². The minimum atomic E-state index is -0.938. The highest BCUT2D eigenvalue weighted by Gasteiger charge is 2.19. The zero-order chi connectivity index (χ0) is 24.0. The molecule has 4 aromatic rings. The minimum Gasteiger partial charge on any atom is -0.489 e. The lowest BCUT2D eigenvalue weighted by Crippen LogP contribution is -2.37. The van der Waals surface area contributed by atoms with Gasteiger partial charge in [-0.05, 0) is 40.6 Å². The fourth-order valence-electron chi connectivity index (χ4n) is 4.46. The van der Waals surface area contributed by atoms with E-state index < -0.39 is 5.97 Å². The Morgan fingerprint density at radius 3 is 2.51 bits per heavy atom. The molecule has 6 heteroatoms. The van der Waals surface area contributed by atoms with E-state index in [1.807, 2.05) is 60.7 Å². The molecule has 1 aliphatic rings. The van der Waals surface area contributed by atoms with Crippen LogP contribution < -0.4 is 15.0 Å². The second kappa shape index (κ2) is 10.5. The van der Waals surface area contributed by atoms with Crippen LogP contribution in [0, 0.1) is 0 Å². The minimum absolute atomic E-state index is 0.287. The third-order valence-electron chi connectivity index (χ3n) is 6.28. The van der Waals surface area contributed by atoms with E-state index in [1.54, 1.807) is 6.07 Å². The summed E-state index contributed by atoms with van der Waals surface area (Å²) in [4.78, 5) is 14.1. The third kappa shape index (κ3) is 5.23. The van der Waals surface area contributed by atoms with Crippen LogP contribution in [0.5, 0.6) is 5.75 Å². The summed E-state index contributed by atoms with van der Waals surface area (Å²) < 4.78 is 11.6. The van der Waals surface area contributed by atoms with Crippen molar-refractivity contribution in [3.63, 3.8) is 0 Å². The summed E-state index contributed by atoms with van der Waals surface area (Å²) in [5, 5.41) is 15.5. The molecule has 178 valence electrons. The quantitative estimate of drug-likeness (QED) is 0.353. The van der Waals surface area contributed by atoms with E-state index in [0.717, 1.165) is 39.0 Å². The van der Waals surface area contributed by atoms with Crippen LogP contribution in [0.4, 0.5) is 11.4 Å². The summed E-state index contributed by atoms with van der Waals surface area (Å²) in [5.41, 5.74) is 3.90. The van der Waals surface area contributed by atoms with Crippen molar-refractivity contribution in [2.75, 3.05) is 36.5 Å². The number of morpholine rings is 1. The van der Waals surface area contributed by atoms with Crippen LogP contribution in [0.1, 0.15) is 21.5 Å². The van der Waals surface area contributed by atoms with Crippen LogP contribution in [0.3, 0.4) is 0 Å². The average molecular weight is 469 g/mol. The molecule has 0 spiro atoms. The van der Waals surface area contributed by atoms with Crippen molar-refractivity contribution in [2.24, 2.45) is 0 Å². The van der Waals surface area contributed by atoms with E-state index in [2.05, 4.69) is 28.4 Å². The Morgan fingerprint density at radius 2 is 1.71 bits per heavy atom. The van der Waals surface area contributed by atoms with Gasteiger partial charge in [0.25, 0.3) is 0 Å². The number of ether oxygens (including phenoxy) is 2. The molecule has 0 bridgehead atoms.